The van der Waals surface area contributed by atoms with Crippen LogP contribution in [0.25, 0.3) is 0 Å². The van der Waals surface area contributed by atoms with Crippen LogP contribution in [0.5, 0.6) is 0 Å². The molecule has 0 spiro atoms. The summed E-state index contributed by atoms with van der Waals surface area (Å²) in [6.45, 7) is 64.0. The Morgan fingerprint density at radius 1 is 0.188 bits per heavy atom. The molecule has 0 aliphatic rings. The van der Waals surface area contributed by atoms with Crippen molar-refractivity contribution in [1.29, 1.82) is 0 Å². The maximum Gasteiger partial charge on any atom is 0.314 e. The molecule has 85 heavy (non-hydrogen) atoms. The van der Waals surface area contributed by atoms with Crippen molar-refractivity contribution in [2.75, 3.05) is 0 Å². The Balaban J connectivity index is 1.33. The van der Waals surface area contributed by atoms with Crippen LogP contribution < -0.4 is 20.7 Å². The Bertz CT molecular complexity index is 2480. The van der Waals surface area contributed by atoms with Crippen LogP contribution in [0.3, 0.4) is 0 Å². The lowest BCUT2D eigenvalue weighted by Crippen LogP contribution is -2.66. The summed E-state index contributed by atoms with van der Waals surface area (Å²) in [6.07, 6.45) is 0. The molecule has 14 nitrogen and oxygen atoms in total. The van der Waals surface area contributed by atoms with E-state index in [1.54, 1.807) is 0 Å². The average molecular weight is 1450 g/mol. The highest BCUT2D eigenvalue weighted by molar-refractivity contribution is 7.09. The first kappa shape index (κ1) is 77.2. The highest BCUT2D eigenvalue weighted by atomic mass is 28.5. The Hall–Kier alpha value is -0.210. The van der Waals surface area contributed by atoms with Crippen LogP contribution in [0, 0.1) is 0 Å². The Kier molecular flexibility index (Phi) is 25.6. The van der Waals surface area contributed by atoms with Gasteiger partial charge in [-0.2, -0.15) is 0 Å². The zero-order valence-corrected chi connectivity index (χ0v) is 74.0. The van der Waals surface area contributed by atoms with Crippen LogP contribution in [-0.4, -0.2) is 136 Å². The van der Waals surface area contributed by atoms with Crippen LogP contribution in [-0.2, 0) is 57.6 Å². The van der Waals surface area contributed by atoms with Gasteiger partial charge in [0.2, 0.25) is 8.32 Å². The zero-order valence-electron chi connectivity index (χ0n) is 58.0. The molecule has 0 atom stereocenters. The van der Waals surface area contributed by atoms with E-state index < -0.39 is 136 Å². The molecular formula is C55H112O14Si16. The number of hydrogen-bond donors (Lipinski definition) is 0. The van der Waals surface area contributed by atoms with E-state index in [-0.39, 0.29) is 0 Å². The van der Waals surface area contributed by atoms with Gasteiger partial charge in [-0.15, -0.1) is 0 Å². The molecule has 4 aromatic carbocycles. The third-order valence-electron chi connectivity index (χ3n) is 13.1. The van der Waals surface area contributed by atoms with E-state index in [1.165, 1.54) is 20.7 Å². The molecule has 0 bridgehead atoms. The van der Waals surface area contributed by atoms with Gasteiger partial charge in [0.15, 0.2) is 8.32 Å². The van der Waals surface area contributed by atoms with E-state index in [4.69, 9.17) is 57.6 Å². The minimum atomic E-state index is -2.86. The molecule has 0 fully saturated rings. The zero-order chi connectivity index (χ0) is 65.1. The van der Waals surface area contributed by atoms with Crippen molar-refractivity contribution in [3.05, 3.63) is 121 Å². The lowest BCUT2D eigenvalue weighted by atomic mass is 10.4. The fraction of sp³-hybridized carbons (Fsp3) is 0.564. The molecule has 4 rings (SSSR count). The SMILES string of the molecule is C[Si](C)(C[Si](C)(c1ccccc1)c1ccccc1)O[Si](C)(C)O[Si](C)(C)O[Si](C)(C)O[Si](C)(C)O[Si](C)(C)O[Si](C)(C)O[Si](C)(C)O[Si](C)(C)O[Si](C)(C)O[Si](C)(C)O[Si](C)(C)O[Si](C)(C)O[Si](C)(C)O[Si](C)(c1ccccc1)c1ccccc1. The highest BCUT2D eigenvalue weighted by Crippen LogP contribution is 2.34. The Morgan fingerprint density at radius 3 is 0.529 bits per heavy atom. The van der Waals surface area contributed by atoms with Gasteiger partial charge in [0.1, 0.15) is 8.07 Å². The molecule has 0 N–H and O–H groups in total. The number of rotatable bonds is 34. The van der Waals surface area contributed by atoms with Crippen molar-refractivity contribution in [1.82, 2.24) is 0 Å². The topological polar surface area (TPSA) is 129 Å². The van der Waals surface area contributed by atoms with Gasteiger partial charge in [-0.25, -0.2) is 0 Å². The minimum absolute atomic E-state index is 1.04. The fourth-order valence-corrected chi connectivity index (χ4v) is 101. The molecule has 0 aromatic heterocycles. The molecule has 0 saturated heterocycles. The summed E-state index contributed by atoms with van der Waals surface area (Å²) in [4.78, 5) is 0. The summed E-state index contributed by atoms with van der Waals surface area (Å²) in [5.74, 6) is 0. The Morgan fingerprint density at radius 2 is 0.341 bits per heavy atom. The van der Waals surface area contributed by atoms with Gasteiger partial charge in [-0.3, -0.25) is 0 Å². The molecule has 0 heterocycles. The normalized spacial score (nSPS) is 14.9. The third kappa shape index (κ3) is 26.4. The van der Waals surface area contributed by atoms with Crippen molar-refractivity contribution in [2.24, 2.45) is 0 Å². The summed E-state index contributed by atoms with van der Waals surface area (Å²) in [6, 6.07) is 43.2. The smallest absolute Gasteiger partial charge is 0.314 e. The van der Waals surface area contributed by atoms with E-state index in [1.807, 2.05) is 12.1 Å². The van der Waals surface area contributed by atoms with Gasteiger partial charge in [0, 0.05) is 0 Å². The van der Waals surface area contributed by atoms with Crippen LogP contribution in [0.4, 0.5) is 0 Å². The van der Waals surface area contributed by atoms with Crippen LogP contribution in [0.15, 0.2) is 121 Å². The minimum Gasteiger partial charge on any atom is -0.437 e. The standard InChI is InChI=1S/C55H112O14Si16/c1-70(2,51-84(29,52-43-35-31-36-44-52)53-45-37-32-38-46-53)56-71(3,4)57-72(5,6)58-73(7,8)59-74(9,10)60-75(11,12)61-76(13,14)62-77(15,16)63-78(17,18)64-79(19,20)65-80(21,22)66-81(23,24)67-82(25,26)68-83(27,28)69-85(30,54-47-39-33-40-48-54)55-49-41-34-42-50-55/h31-50H,51H2,1-30H3. The van der Waals surface area contributed by atoms with E-state index in [0.29, 0.717) is 0 Å². The van der Waals surface area contributed by atoms with Crippen LogP contribution in [0.2, 0.25) is 202 Å². The van der Waals surface area contributed by atoms with Gasteiger partial charge >= 0.3 is 111 Å². The summed E-state index contributed by atoms with van der Waals surface area (Å²) < 4.78 is 98.5. The van der Waals surface area contributed by atoms with Crippen LogP contribution >= 0.6 is 0 Å². The molecule has 0 aliphatic carbocycles. The predicted octanol–water partition coefficient (Wildman–Crippen LogP) is 14.4. The first-order valence-corrected chi connectivity index (χ1v) is 74.9. The second-order valence-corrected chi connectivity index (χ2v) is 89.2. The van der Waals surface area contributed by atoms with Crippen LogP contribution in [0.1, 0.15) is 0 Å². The quantitative estimate of drug-likeness (QED) is 0.0411. The molecule has 480 valence electrons. The number of hydrogen-bond acceptors (Lipinski definition) is 14. The maximum absolute atomic E-state index is 7.26. The number of benzene rings is 4. The Labute approximate surface area is 533 Å². The fourth-order valence-electron chi connectivity index (χ4n) is 13.2. The van der Waals surface area contributed by atoms with Crippen molar-refractivity contribution in [3.63, 3.8) is 0 Å². The third-order valence-corrected chi connectivity index (χ3v) is 80.4. The lowest BCUT2D eigenvalue weighted by molar-refractivity contribution is 0.251. The van der Waals surface area contributed by atoms with E-state index in [2.05, 4.69) is 306 Å². The molecule has 30 heteroatoms. The largest absolute Gasteiger partial charge is 0.437 e. The average Bonchev–Trinajstić information content (AvgIpc) is 1.92. The molecule has 0 radical (unpaired) electrons. The maximum atomic E-state index is 7.26. The predicted molar refractivity (Wildman–Crippen MR) is 392 cm³/mol. The molecule has 0 unspecified atom stereocenters. The first-order valence-electron chi connectivity index (χ1n) is 30.1. The monoisotopic (exact) mass is 1440 g/mol. The summed E-state index contributed by atoms with van der Waals surface area (Å²) in [5, 5.41) is 5.25. The van der Waals surface area contributed by atoms with E-state index in [0.717, 1.165) is 5.67 Å². The van der Waals surface area contributed by atoms with Gasteiger partial charge in [0.05, 0.1) is 0 Å². The first-order chi connectivity index (χ1) is 38.0. The molecule has 4 aromatic rings. The molecule has 0 aliphatic heterocycles. The van der Waals surface area contributed by atoms with Gasteiger partial charge in [0.25, 0.3) is 0 Å². The van der Waals surface area contributed by atoms with Crippen molar-refractivity contribution < 1.29 is 57.6 Å². The van der Waals surface area contributed by atoms with Gasteiger partial charge in [-0.05, 0) is 206 Å². The summed E-state index contributed by atoms with van der Waals surface area (Å²) in [5.41, 5.74) is 1.04. The molecule has 0 amide bonds. The molecule has 0 saturated carbocycles. The van der Waals surface area contributed by atoms with Gasteiger partial charge < -0.3 is 57.6 Å². The van der Waals surface area contributed by atoms with Crippen molar-refractivity contribution in [3.8, 4) is 0 Å². The molecular weight excluding hydrogens is 1330 g/mol. The second kappa shape index (κ2) is 28.2. The highest BCUT2D eigenvalue weighted by Gasteiger charge is 2.54. The van der Waals surface area contributed by atoms with E-state index in [9.17, 15) is 0 Å². The van der Waals surface area contributed by atoms with Crippen molar-refractivity contribution in [2.45, 2.75) is 202 Å². The second-order valence-electron chi connectivity index (χ2n) is 29.4. The van der Waals surface area contributed by atoms with Crippen molar-refractivity contribution >= 4 is 157 Å². The lowest BCUT2D eigenvalue weighted by Gasteiger charge is -2.45. The van der Waals surface area contributed by atoms with Gasteiger partial charge in [-0.1, -0.05) is 138 Å². The van der Waals surface area contributed by atoms with E-state index >= 15 is 0 Å². The summed E-state index contributed by atoms with van der Waals surface area (Å²) in [7, 11) is -43.6. The summed E-state index contributed by atoms with van der Waals surface area (Å²) >= 11 is 0.